The molecule has 0 aliphatic rings. The molecule has 10 rings (SSSR count). The van der Waals surface area contributed by atoms with Crippen molar-refractivity contribution >= 4 is 64.1 Å². The number of imidazole rings is 1. The van der Waals surface area contributed by atoms with Crippen molar-refractivity contribution in [3.8, 4) is 39.1 Å². The third-order valence-electron chi connectivity index (χ3n) is 9.86. The second-order valence-corrected chi connectivity index (χ2v) is 13.7. The SMILES string of the molecule is [2H]C([2H])([2H])C([2H])([2H])c1nc2ccccc2n1-c1cccc(-c2cccc(-c3c4ccccc4c(-c4cccc5sc6ccccc6c45)c4ccccc34)c2)c1. The monoisotopic (exact) mass is 661 g/mol. The number of hydrogen-bond donors (Lipinski definition) is 0. The molecule has 0 saturated carbocycles. The highest BCUT2D eigenvalue weighted by atomic mass is 32.1. The molecule has 0 N–H and O–H groups in total. The molecule has 0 aliphatic carbocycles. The molecule has 0 fully saturated rings. The Balaban J connectivity index is 1.17. The number of para-hydroxylation sites is 2. The van der Waals surface area contributed by atoms with Crippen molar-refractivity contribution in [3.63, 3.8) is 0 Å². The Morgan fingerprint density at radius 1 is 0.560 bits per heavy atom. The van der Waals surface area contributed by atoms with Crippen LogP contribution in [0.2, 0.25) is 0 Å². The van der Waals surface area contributed by atoms with Gasteiger partial charge >= 0.3 is 0 Å². The van der Waals surface area contributed by atoms with Gasteiger partial charge in [0.2, 0.25) is 0 Å². The van der Waals surface area contributed by atoms with Crippen LogP contribution < -0.4 is 0 Å². The first-order chi connectivity index (χ1) is 26.7. The van der Waals surface area contributed by atoms with Crippen LogP contribution in [-0.4, -0.2) is 9.55 Å². The van der Waals surface area contributed by atoms with E-state index in [0.717, 1.165) is 22.3 Å². The van der Waals surface area contributed by atoms with Gasteiger partial charge in [0.1, 0.15) is 5.82 Å². The van der Waals surface area contributed by atoms with Crippen LogP contribution in [-0.2, 0) is 6.37 Å². The summed E-state index contributed by atoms with van der Waals surface area (Å²) in [5.41, 5.74) is 8.40. The zero-order chi connectivity index (χ0) is 37.5. The summed E-state index contributed by atoms with van der Waals surface area (Å²) in [6, 6.07) is 56.4. The Hall–Kier alpha value is -6.03. The van der Waals surface area contributed by atoms with E-state index in [2.05, 4.69) is 120 Å². The Kier molecular flexibility index (Phi) is 5.58. The van der Waals surface area contributed by atoms with Gasteiger partial charge in [0.15, 0.2) is 0 Å². The number of fused-ring (bicyclic) bond motifs is 6. The first-order valence-electron chi connectivity index (χ1n) is 19.2. The molecule has 0 radical (unpaired) electrons. The van der Waals surface area contributed by atoms with Gasteiger partial charge in [-0.15, -0.1) is 11.3 Å². The van der Waals surface area contributed by atoms with Gasteiger partial charge in [0.25, 0.3) is 0 Å². The van der Waals surface area contributed by atoms with E-state index in [-0.39, 0.29) is 5.82 Å². The fraction of sp³-hybridized carbons (Fsp3) is 0.0426. The maximum absolute atomic E-state index is 8.67. The van der Waals surface area contributed by atoms with Gasteiger partial charge in [0.05, 0.1) is 11.0 Å². The van der Waals surface area contributed by atoms with Crippen molar-refractivity contribution in [1.82, 2.24) is 9.55 Å². The number of aryl methyl sites for hydroxylation is 1. The second kappa shape index (κ2) is 11.5. The lowest BCUT2D eigenvalue weighted by molar-refractivity contribution is 0.908. The van der Waals surface area contributed by atoms with E-state index in [1.54, 1.807) is 10.6 Å². The van der Waals surface area contributed by atoms with Crippen molar-refractivity contribution in [2.75, 3.05) is 0 Å². The molecule has 0 spiro atoms. The number of hydrogen-bond acceptors (Lipinski definition) is 2. The predicted octanol–water partition coefficient (Wildman–Crippen LogP) is 13.3. The van der Waals surface area contributed by atoms with Crippen LogP contribution in [0.15, 0.2) is 164 Å². The summed E-state index contributed by atoms with van der Waals surface area (Å²) in [4.78, 5) is 4.53. The van der Waals surface area contributed by atoms with Crippen LogP contribution in [0.5, 0.6) is 0 Å². The molecule has 2 heterocycles. The molecule has 0 atom stereocenters. The number of benzene rings is 8. The Morgan fingerprint density at radius 2 is 1.16 bits per heavy atom. The van der Waals surface area contributed by atoms with Crippen LogP contribution in [0.4, 0.5) is 0 Å². The summed E-state index contributed by atoms with van der Waals surface area (Å²) in [5, 5.41) is 7.27. The third-order valence-corrected chi connectivity index (χ3v) is 11.0. The molecule has 0 unspecified atom stereocenters. The van der Waals surface area contributed by atoms with E-state index >= 15 is 0 Å². The van der Waals surface area contributed by atoms with Crippen LogP contribution in [0, 0.1) is 0 Å². The fourth-order valence-electron chi connectivity index (χ4n) is 7.76. The second-order valence-electron chi connectivity index (χ2n) is 12.6. The van der Waals surface area contributed by atoms with E-state index in [0.29, 0.717) is 16.7 Å². The fourth-order valence-corrected chi connectivity index (χ4v) is 8.89. The highest BCUT2D eigenvalue weighted by Gasteiger charge is 2.20. The van der Waals surface area contributed by atoms with Crippen molar-refractivity contribution in [2.24, 2.45) is 0 Å². The zero-order valence-electron chi connectivity index (χ0n) is 31.9. The van der Waals surface area contributed by atoms with Crippen LogP contribution >= 0.6 is 11.3 Å². The van der Waals surface area contributed by atoms with Gasteiger partial charge in [-0.25, -0.2) is 4.98 Å². The zero-order valence-corrected chi connectivity index (χ0v) is 27.7. The maximum atomic E-state index is 8.67. The standard InChI is InChI=1S/C47H32N2S/c1-2-44-48-40-24-8-9-25-41(40)49(44)33-17-12-15-31(29-33)30-14-11-16-32(28-30)45-34-18-3-5-20-36(34)46(37-21-6-4-19-35(37)45)39-23-13-27-43-47(39)38-22-7-10-26-42(38)50-43/h3-29H,2H2,1H3/i1D3,2D2. The lowest BCUT2D eigenvalue weighted by Crippen LogP contribution is -2.00. The van der Waals surface area contributed by atoms with Crippen molar-refractivity contribution in [1.29, 1.82) is 0 Å². The molecular weight excluding hydrogens is 625 g/mol. The van der Waals surface area contributed by atoms with Gasteiger partial charge < -0.3 is 0 Å². The molecule has 8 aromatic carbocycles. The first-order valence-corrected chi connectivity index (χ1v) is 17.5. The van der Waals surface area contributed by atoms with Gasteiger partial charge in [-0.2, -0.15) is 0 Å². The quantitative estimate of drug-likeness (QED) is 0.168. The molecular formula is C47H32N2S. The first kappa shape index (κ1) is 24.2. The number of aromatic nitrogens is 2. The summed E-state index contributed by atoms with van der Waals surface area (Å²) in [6.45, 7) is -2.91. The Bertz CT molecular complexity index is 3080. The highest BCUT2D eigenvalue weighted by molar-refractivity contribution is 7.25. The minimum absolute atomic E-state index is 0.149. The molecule has 2 aromatic heterocycles. The smallest absolute Gasteiger partial charge is 0.114 e. The van der Waals surface area contributed by atoms with Crippen LogP contribution in [0.3, 0.4) is 0 Å². The molecule has 10 aromatic rings. The van der Waals surface area contributed by atoms with Gasteiger partial charge in [0, 0.05) is 39.1 Å². The summed E-state index contributed by atoms with van der Waals surface area (Å²) in [5.74, 6) is -0.149. The normalized spacial score (nSPS) is 13.8. The molecule has 0 saturated heterocycles. The molecule has 0 aliphatic heterocycles. The summed E-state index contributed by atoms with van der Waals surface area (Å²) >= 11 is 1.84. The topological polar surface area (TPSA) is 17.8 Å². The van der Waals surface area contributed by atoms with Crippen LogP contribution in [0.1, 0.15) is 19.5 Å². The van der Waals surface area contributed by atoms with Gasteiger partial charge in [-0.1, -0.05) is 128 Å². The van der Waals surface area contributed by atoms with E-state index in [1.165, 1.54) is 52.8 Å². The molecule has 236 valence electrons. The summed E-state index contributed by atoms with van der Waals surface area (Å²) < 4.78 is 45.6. The summed E-state index contributed by atoms with van der Waals surface area (Å²) in [7, 11) is 0. The van der Waals surface area contributed by atoms with Gasteiger partial charge in [-0.05, 0) is 97.4 Å². The Morgan fingerprint density at radius 3 is 1.94 bits per heavy atom. The summed E-state index contributed by atoms with van der Waals surface area (Å²) in [6.07, 6.45) is -2.68. The molecule has 50 heavy (non-hydrogen) atoms. The average Bonchev–Trinajstić information content (AvgIpc) is 3.79. The number of thiophene rings is 1. The molecule has 3 heteroatoms. The maximum Gasteiger partial charge on any atom is 0.114 e. The lowest BCUT2D eigenvalue weighted by atomic mass is 9.84. The Labute approximate surface area is 301 Å². The minimum atomic E-state index is -2.91. The predicted molar refractivity (Wildman–Crippen MR) is 215 cm³/mol. The van der Waals surface area contributed by atoms with Gasteiger partial charge in [-0.3, -0.25) is 4.57 Å². The van der Waals surface area contributed by atoms with E-state index < -0.39 is 13.2 Å². The van der Waals surface area contributed by atoms with E-state index in [1.807, 2.05) is 53.8 Å². The lowest BCUT2D eigenvalue weighted by Gasteiger charge is -2.19. The molecule has 0 amide bonds. The van der Waals surface area contributed by atoms with E-state index in [9.17, 15) is 0 Å². The third kappa shape index (κ3) is 4.44. The number of nitrogens with zero attached hydrogens (tertiary/aromatic N) is 2. The largest absolute Gasteiger partial charge is 0.296 e. The molecule has 0 bridgehead atoms. The minimum Gasteiger partial charge on any atom is -0.296 e. The average molecular weight is 662 g/mol. The van der Waals surface area contributed by atoms with E-state index in [4.69, 9.17) is 6.85 Å². The van der Waals surface area contributed by atoms with Crippen molar-refractivity contribution < 1.29 is 6.85 Å². The van der Waals surface area contributed by atoms with Crippen molar-refractivity contribution in [3.05, 3.63) is 170 Å². The van der Waals surface area contributed by atoms with Crippen molar-refractivity contribution in [2.45, 2.75) is 13.2 Å². The van der Waals surface area contributed by atoms with Crippen LogP contribution in [0.25, 0.3) is 91.8 Å². The highest BCUT2D eigenvalue weighted by Crippen LogP contribution is 2.48. The molecule has 2 nitrogen and oxygen atoms in total. The number of rotatable bonds is 5.